The lowest BCUT2D eigenvalue weighted by molar-refractivity contribution is 0.606. The van der Waals surface area contributed by atoms with Gasteiger partial charge in [-0.25, -0.2) is 13.4 Å². The van der Waals surface area contributed by atoms with Gasteiger partial charge in [0.05, 0.1) is 6.33 Å². The smallest absolute Gasteiger partial charge is 0.280 e. The normalized spacial score (nSPS) is 11.6. The SMILES string of the molecule is O=S(=O)(Cl)c1cn(CCc2ccccn2)cn1. The zero-order chi connectivity index (χ0) is 12.3. The van der Waals surface area contributed by atoms with Crippen LogP contribution in [0.5, 0.6) is 0 Å². The molecule has 5 nitrogen and oxygen atoms in total. The molecule has 2 rings (SSSR count). The van der Waals surface area contributed by atoms with Crippen LogP contribution < -0.4 is 0 Å². The zero-order valence-electron chi connectivity index (χ0n) is 8.82. The minimum absolute atomic E-state index is 0.125. The number of nitrogens with zero attached hydrogens (tertiary/aromatic N) is 3. The van der Waals surface area contributed by atoms with E-state index in [2.05, 4.69) is 9.97 Å². The molecule has 0 aromatic carbocycles. The van der Waals surface area contributed by atoms with Gasteiger partial charge in [0.2, 0.25) is 0 Å². The van der Waals surface area contributed by atoms with Crippen LogP contribution >= 0.6 is 10.7 Å². The van der Waals surface area contributed by atoms with Gasteiger partial charge in [0.25, 0.3) is 9.05 Å². The number of halogens is 1. The van der Waals surface area contributed by atoms with Gasteiger partial charge in [-0.05, 0) is 12.1 Å². The topological polar surface area (TPSA) is 64.8 Å². The Kier molecular flexibility index (Phi) is 3.44. The van der Waals surface area contributed by atoms with E-state index >= 15 is 0 Å². The first-order chi connectivity index (χ1) is 8.05. The molecule has 0 saturated carbocycles. The maximum atomic E-state index is 11.0. The number of imidazole rings is 1. The van der Waals surface area contributed by atoms with Crippen LogP contribution in [0.2, 0.25) is 0 Å². The first kappa shape index (κ1) is 12.1. The van der Waals surface area contributed by atoms with Gasteiger partial charge in [0.1, 0.15) is 0 Å². The van der Waals surface area contributed by atoms with E-state index in [1.54, 1.807) is 10.8 Å². The summed E-state index contributed by atoms with van der Waals surface area (Å²) in [5.41, 5.74) is 0.941. The van der Waals surface area contributed by atoms with E-state index < -0.39 is 9.05 Å². The molecule has 7 heteroatoms. The van der Waals surface area contributed by atoms with E-state index in [9.17, 15) is 8.42 Å². The van der Waals surface area contributed by atoms with Crippen LogP contribution in [0, 0.1) is 0 Å². The van der Waals surface area contributed by atoms with E-state index in [1.807, 2.05) is 18.2 Å². The van der Waals surface area contributed by atoms with Crippen LogP contribution in [0.1, 0.15) is 5.69 Å². The molecular weight excluding hydrogens is 262 g/mol. The molecule has 0 amide bonds. The molecule has 0 radical (unpaired) electrons. The molecule has 2 aromatic heterocycles. The molecule has 0 aliphatic rings. The molecule has 0 saturated heterocycles. The third-order valence-corrected chi connectivity index (χ3v) is 3.40. The Bertz CT molecular complexity index is 595. The summed E-state index contributed by atoms with van der Waals surface area (Å²) < 4.78 is 23.7. The highest BCUT2D eigenvalue weighted by Crippen LogP contribution is 2.11. The van der Waals surface area contributed by atoms with Crippen molar-refractivity contribution < 1.29 is 8.42 Å². The second-order valence-corrected chi connectivity index (χ2v) is 5.97. The molecule has 90 valence electrons. The molecule has 17 heavy (non-hydrogen) atoms. The van der Waals surface area contributed by atoms with Gasteiger partial charge in [-0.1, -0.05) is 6.07 Å². The van der Waals surface area contributed by atoms with Gasteiger partial charge < -0.3 is 4.57 Å². The minimum atomic E-state index is -3.74. The van der Waals surface area contributed by atoms with Gasteiger partial charge in [-0.3, -0.25) is 4.98 Å². The Labute approximate surface area is 104 Å². The number of pyridine rings is 1. The van der Waals surface area contributed by atoms with Crippen LogP contribution in [-0.4, -0.2) is 23.0 Å². The maximum Gasteiger partial charge on any atom is 0.280 e. The predicted octanol–water partition coefficient (Wildman–Crippen LogP) is 1.45. The summed E-state index contributed by atoms with van der Waals surface area (Å²) in [6.07, 6.45) is 5.28. The van der Waals surface area contributed by atoms with Crippen molar-refractivity contribution in [3.63, 3.8) is 0 Å². The van der Waals surface area contributed by atoms with Gasteiger partial charge in [0, 0.05) is 41.7 Å². The average Bonchev–Trinajstić information content (AvgIpc) is 2.76. The van der Waals surface area contributed by atoms with Crippen molar-refractivity contribution in [3.05, 3.63) is 42.6 Å². The van der Waals surface area contributed by atoms with Gasteiger partial charge >= 0.3 is 0 Å². The third kappa shape index (κ3) is 3.28. The minimum Gasteiger partial charge on any atom is -0.336 e. The van der Waals surface area contributed by atoms with Crippen molar-refractivity contribution in [1.82, 2.24) is 14.5 Å². The molecule has 0 N–H and O–H groups in total. The Balaban J connectivity index is 2.04. The highest BCUT2D eigenvalue weighted by atomic mass is 35.7. The molecule has 0 aliphatic heterocycles. The predicted molar refractivity (Wildman–Crippen MR) is 63.2 cm³/mol. The monoisotopic (exact) mass is 271 g/mol. The molecule has 0 bridgehead atoms. The van der Waals surface area contributed by atoms with Crippen LogP contribution in [0.4, 0.5) is 0 Å². The van der Waals surface area contributed by atoms with E-state index in [1.165, 1.54) is 12.5 Å². The van der Waals surface area contributed by atoms with Crippen molar-refractivity contribution in [3.8, 4) is 0 Å². The van der Waals surface area contributed by atoms with E-state index in [0.717, 1.165) is 5.69 Å². The summed E-state index contributed by atoms with van der Waals surface area (Å²) in [4.78, 5) is 7.89. The lowest BCUT2D eigenvalue weighted by Crippen LogP contribution is -2.00. The molecule has 0 spiro atoms. The standard InChI is InChI=1S/C10H10ClN3O2S/c11-17(15,16)10-7-14(8-13-10)6-4-9-3-1-2-5-12-9/h1-3,5,7-8H,4,6H2. The maximum absolute atomic E-state index is 11.0. The summed E-state index contributed by atoms with van der Waals surface area (Å²) >= 11 is 0. The molecular formula is C10H10ClN3O2S. The van der Waals surface area contributed by atoms with Gasteiger partial charge in [-0.15, -0.1) is 0 Å². The summed E-state index contributed by atoms with van der Waals surface area (Å²) in [6, 6.07) is 5.67. The number of aryl methyl sites for hydroxylation is 2. The second-order valence-electron chi connectivity index (χ2n) is 3.46. The molecule has 0 unspecified atom stereocenters. The summed E-state index contributed by atoms with van der Waals surface area (Å²) in [5, 5.41) is -0.125. The van der Waals surface area contributed by atoms with Crippen LogP contribution in [0.25, 0.3) is 0 Å². The highest BCUT2D eigenvalue weighted by molar-refractivity contribution is 8.13. The van der Waals surface area contributed by atoms with Crippen LogP contribution in [0.15, 0.2) is 41.9 Å². The number of hydrogen-bond donors (Lipinski definition) is 0. The molecule has 0 aliphatic carbocycles. The van der Waals surface area contributed by atoms with Crippen LogP contribution in [-0.2, 0) is 22.0 Å². The van der Waals surface area contributed by atoms with Crippen molar-refractivity contribution in [2.24, 2.45) is 0 Å². The summed E-state index contributed by atoms with van der Waals surface area (Å²) in [5.74, 6) is 0. The lowest BCUT2D eigenvalue weighted by atomic mass is 10.3. The summed E-state index contributed by atoms with van der Waals surface area (Å²) in [7, 11) is 1.43. The van der Waals surface area contributed by atoms with Gasteiger partial charge in [0.15, 0.2) is 5.03 Å². The summed E-state index contributed by atoms with van der Waals surface area (Å²) in [6.45, 7) is 0.608. The number of hydrogen-bond acceptors (Lipinski definition) is 4. The van der Waals surface area contributed by atoms with E-state index in [0.29, 0.717) is 13.0 Å². The Morgan fingerprint density at radius 3 is 2.71 bits per heavy atom. The van der Waals surface area contributed by atoms with E-state index in [-0.39, 0.29) is 5.03 Å². The zero-order valence-corrected chi connectivity index (χ0v) is 10.4. The Morgan fingerprint density at radius 1 is 1.29 bits per heavy atom. The second kappa shape index (κ2) is 4.85. The van der Waals surface area contributed by atoms with E-state index in [4.69, 9.17) is 10.7 Å². The molecule has 2 aromatic rings. The fourth-order valence-electron chi connectivity index (χ4n) is 1.38. The first-order valence-electron chi connectivity index (χ1n) is 4.92. The first-order valence-corrected chi connectivity index (χ1v) is 7.23. The Morgan fingerprint density at radius 2 is 2.12 bits per heavy atom. The quantitative estimate of drug-likeness (QED) is 0.790. The number of aromatic nitrogens is 3. The molecule has 2 heterocycles. The third-order valence-electron chi connectivity index (χ3n) is 2.21. The average molecular weight is 272 g/mol. The molecule has 0 fully saturated rings. The fraction of sp³-hybridized carbons (Fsp3) is 0.200. The fourth-order valence-corrected chi connectivity index (χ4v) is 2.05. The molecule has 0 atom stereocenters. The van der Waals surface area contributed by atoms with Crippen molar-refractivity contribution >= 4 is 19.7 Å². The Hall–Kier alpha value is -1.40. The van der Waals surface area contributed by atoms with Crippen molar-refractivity contribution in [1.29, 1.82) is 0 Å². The lowest BCUT2D eigenvalue weighted by Gasteiger charge is -2.00. The van der Waals surface area contributed by atoms with Crippen LogP contribution in [0.3, 0.4) is 0 Å². The van der Waals surface area contributed by atoms with Crippen molar-refractivity contribution in [2.45, 2.75) is 18.0 Å². The van der Waals surface area contributed by atoms with Gasteiger partial charge in [-0.2, -0.15) is 0 Å². The van der Waals surface area contributed by atoms with Crippen molar-refractivity contribution in [2.75, 3.05) is 0 Å². The largest absolute Gasteiger partial charge is 0.336 e. The highest BCUT2D eigenvalue weighted by Gasteiger charge is 2.13. The number of rotatable bonds is 4.